The summed E-state index contributed by atoms with van der Waals surface area (Å²) in [6, 6.07) is 23.4. The number of hydrogen-bond donors (Lipinski definition) is 2. The van der Waals surface area contributed by atoms with E-state index in [1.807, 2.05) is 42.5 Å². The van der Waals surface area contributed by atoms with Crippen LogP contribution < -0.4 is 16.2 Å². The molecule has 2 N–H and O–H groups in total. The fourth-order valence-corrected chi connectivity index (χ4v) is 3.74. The molecule has 0 saturated heterocycles. The number of aryl methyl sites for hydroxylation is 1. The molecule has 4 aromatic rings. The Bertz CT molecular complexity index is 1420. The third-order valence-electron chi connectivity index (χ3n) is 5.92. The smallest absolute Gasteiger partial charge is 0.253 e. The number of anilines is 1. The summed E-state index contributed by atoms with van der Waals surface area (Å²) in [6.07, 6.45) is 3.04. The molecular formula is C28H26N6O2. The molecule has 0 radical (unpaired) electrons. The predicted octanol–water partition coefficient (Wildman–Crippen LogP) is 3.79. The summed E-state index contributed by atoms with van der Waals surface area (Å²) in [5.74, 6) is 0.288. The minimum Gasteiger partial charge on any atom is -0.309 e. The van der Waals surface area contributed by atoms with Crippen LogP contribution in [0.15, 0.2) is 90.1 Å². The van der Waals surface area contributed by atoms with E-state index in [4.69, 9.17) is 5.26 Å². The average molecular weight is 479 g/mol. The first-order chi connectivity index (χ1) is 17.4. The summed E-state index contributed by atoms with van der Waals surface area (Å²) in [6.45, 7) is 2.62. The Kier molecular flexibility index (Phi) is 7.63. The van der Waals surface area contributed by atoms with Crippen LogP contribution in [-0.2, 0) is 11.8 Å². The van der Waals surface area contributed by atoms with Crippen LogP contribution in [0.2, 0.25) is 0 Å². The summed E-state index contributed by atoms with van der Waals surface area (Å²) in [5.41, 5.74) is 3.57. The summed E-state index contributed by atoms with van der Waals surface area (Å²) in [5, 5.41) is 15.3. The highest BCUT2D eigenvalue weighted by Gasteiger charge is 2.22. The molecule has 2 aromatic carbocycles. The van der Waals surface area contributed by atoms with Gasteiger partial charge in [0.2, 0.25) is 5.91 Å². The van der Waals surface area contributed by atoms with E-state index in [9.17, 15) is 9.59 Å². The van der Waals surface area contributed by atoms with Crippen molar-refractivity contribution in [2.24, 2.45) is 7.05 Å². The number of aromatic nitrogens is 3. The van der Waals surface area contributed by atoms with Gasteiger partial charge in [0.1, 0.15) is 11.9 Å². The molecule has 0 aliphatic heterocycles. The van der Waals surface area contributed by atoms with Crippen molar-refractivity contribution in [1.82, 2.24) is 19.9 Å². The Morgan fingerprint density at radius 3 is 2.42 bits per heavy atom. The molecule has 2 atom stereocenters. The number of amides is 1. The number of carbonyl (C=O) groups excluding carboxylic acids is 1. The standard InChI is InChI=1S/C28H26N6O2/c1-19(21-10-8-20(15-29)9-11-21)16-31-27(22-6-4-3-5-7-22)28(36)33-25-13-12-23(17-30-25)24-14-26(35)34(2)18-32-24/h3-14,17-19,27,31H,16H2,1-2H3,(H,30,33,36)/t19-,27+/m0/s1. The van der Waals surface area contributed by atoms with Gasteiger partial charge in [-0.1, -0.05) is 49.4 Å². The molecule has 0 aliphatic carbocycles. The van der Waals surface area contributed by atoms with Crippen LogP contribution >= 0.6 is 0 Å². The number of benzene rings is 2. The predicted molar refractivity (Wildman–Crippen MR) is 138 cm³/mol. The van der Waals surface area contributed by atoms with Gasteiger partial charge in [0, 0.05) is 31.4 Å². The maximum absolute atomic E-state index is 13.3. The molecule has 2 heterocycles. The maximum atomic E-state index is 13.3. The first-order valence-corrected chi connectivity index (χ1v) is 11.5. The number of nitrogens with zero attached hydrogens (tertiary/aromatic N) is 4. The van der Waals surface area contributed by atoms with Gasteiger partial charge in [0.05, 0.1) is 23.7 Å². The Labute approximate surface area is 209 Å². The zero-order valence-corrected chi connectivity index (χ0v) is 20.1. The van der Waals surface area contributed by atoms with Crippen LogP contribution in [0.3, 0.4) is 0 Å². The molecule has 0 spiro atoms. The molecule has 36 heavy (non-hydrogen) atoms. The SMILES string of the molecule is C[C@@H](CN[C@@H](C(=O)Nc1ccc(-c2cc(=O)n(C)cn2)cn1)c1ccccc1)c1ccc(C#N)cc1. The highest BCUT2D eigenvalue weighted by atomic mass is 16.2. The Hall–Kier alpha value is -4.61. The molecule has 0 bridgehead atoms. The van der Waals surface area contributed by atoms with E-state index in [1.54, 1.807) is 37.5 Å². The number of nitriles is 1. The Balaban J connectivity index is 1.47. The fourth-order valence-electron chi connectivity index (χ4n) is 3.74. The lowest BCUT2D eigenvalue weighted by Gasteiger charge is -2.21. The lowest BCUT2D eigenvalue weighted by molar-refractivity contribution is -0.118. The quantitative estimate of drug-likeness (QED) is 0.398. The molecule has 8 heteroatoms. The summed E-state index contributed by atoms with van der Waals surface area (Å²) in [7, 11) is 1.64. The van der Waals surface area contributed by atoms with Gasteiger partial charge in [-0.15, -0.1) is 0 Å². The van der Waals surface area contributed by atoms with Gasteiger partial charge in [-0.2, -0.15) is 5.26 Å². The minimum absolute atomic E-state index is 0.125. The van der Waals surface area contributed by atoms with Crippen LogP contribution in [0.1, 0.15) is 35.6 Å². The highest BCUT2D eigenvalue weighted by Crippen LogP contribution is 2.21. The monoisotopic (exact) mass is 478 g/mol. The second-order valence-corrected chi connectivity index (χ2v) is 8.53. The number of hydrogen-bond acceptors (Lipinski definition) is 6. The first-order valence-electron chi connectivity index (χ1n) is 11.5. The van der Waals surface area contributed by atoms with Crippen molar-refractivity contribution in [3.63, 3.8) is 0 Å². The summed E-state index contributed by atoms with van der Waals surface area (Å²) >= 11 is 0. The fraction of sp³-hybridized carbons (Fsp3) is 0.179. The van der Waals surface area contributed by atoms with E-state index in [2.05, 4.69) is 33.6 Å². The normalized spacial score (nSPS) is 12.4. The molecule has 4 rings (SSSR count). The number of rotatable bonds is 8. The molecule has 2 aromatic heterocycles. The Morgan fingerprint density at radius 2 is 1.78 bits per heavy atom. The largest absolute Gasteiger partial charge is 0.309 e. The Morgan fingerprint density at radius 1 is 1.03 bits per heavy atom. The van der Waals surface area contributed by atoms with E-state index in [-0.39, 0.29) is 17.4 Å². The molecule has 180 valence electrons. The van der Waals surface area contributed by atoms with Crippen LogP contribution in [0.25, 0.3) is 11.3 Å². The molecule has 0 fully saturated rings. The van der Waals surface area contributed by atoms with Crippen molar-refractivity contribution in [2.75, 3.05) is 11.9 Å². The first kappa shape index (κ1) is 24.5. The number of carbonyl (C=O) groups is 1. The van der Waals surface area contributed by atoms with E-state index < -0.39 is 6.04 Å². The second-order valence-electron chi connectivity index (χ2n) is 8.53. The molecular weight excluding hydrogens is 452 g/mol. The number of pyridine rings is 1. The van der Waals surface area contributed by atoms with E-state index in [0.29, 0.717) is 29.2 Å². The molecule has 1 amide bonds. The van der Waals surface area contributed by atoms with E-state index in [0.717, 1.165) is 11.1 Å². The molecule has 0 saturated carbocycles. The van der Waals surface area contributed by atoms with Crippen molar-refractivity contribution >= 4 is 11.7 Å². The average Bonchev–Trinajstić information content (AvgIpc) is 2.91. The second kappa shape index (κ2) is 11.2. The zero-order chi connectivity index (χ0) is 25.5. The molecule has 0 aliphatic rings. The van der Waals surface area contributed by atoms with Crippen LogP contribution in [0, 0.1) is 11.3 Å². The van der Waals surface area contributed by atoms with Gasteiger partial charge in [-0.05, 0) is 41.3 Å². The van der Waals surface area contributed by atoms with Gasteiger partial charge in [-0.3, -0.25) is 9.59 Å². The van der Waals surface area contributed by atoms with Gasteiger partial charge >= 0.3 is 0 Å². The van der Waals surface area contributed by atoms with E-state index >= 15 is 0 Å². The van der Waals surface area contributed by atoms with Crippen molar-refractivity contribution < 1.29 is 4.79 Å². The van der Waals surface area contributed by atoms with E-state index in [1.165, 1.54) is 17.0 Å². The molecule has 8 nitrogen and oxygen atoms in total. The lowest BCUT2D eigenvalue weighted by atomic mass is 9.98. The van der Waals surface area contributed by atoms with Crippen LogP contribution in [-0.4, -0.2) is 27.0 Å². The van der Waals surface area contributed by atoms with Crippen LogP contribution in [0.5, 0.6) is 0 Å². The third-order valence-corrected chi connectivity index (χ3v) is 5.92. The van der Waals surface area contributed by atoms with Crippen molar-refractivity contribution in [3.8, 4) is 17.3 Å². The summed E-state index contributed by atoms with van der Waals surface area (Å²) in [4.78, 5) is 33.8. The minimum atomic E-state index is -0.590. The highest BCUT2D eigenvalue weighted by molar-refractivity contribution is 5.94. The summed E-state index contributed by atoms with van der Waals surface area (Å²) < 4.78 is 1.39. The maximum Gasteiger partial charge on any atom is 0.253 e. The van der Waals surface area contributed by atoms with Gasteiger partial charge in [0.15, 0.2) is 0 Å². The van der Waals surface area contributed by atoms with Gasteiger partial charge in [-0.25, -0.2) is 9.97 Å². The lowest BCUT2D eigenvalue weighted by Crippen LogP contribution is -2.35. The van der Waals surface area contributed by atoms with Crippen molar-refractivity contribution in [1.29, 1.82) is 5.26 Å². The van der Waals surface area contributed by atoms with Gasteiger partial charge in [0.25, 0.3) is 5.56 Å². The molecule has 0 unspecified atom stereocenters. The zero-order valence-electron chi connectivity index (χ0n) is 20.1. The number of nitrogens with one attached hydrogen (secondary N) is 2. The van der Waals surface area contributed by atoms with Crippen LogP contribution in [0.4, 0.5) is 5.82 Å². The topological polar surface area (TPSA) is 113 Å². The third kappa shape index (κ3) is 5.90. The van der Waals surface area contributed by atoms with Crippen molar-refractivity contribution in [3.05, 3.63) is 112 Å². The van der Waals surface area contributed by atoms with Gasteiger partial charge < -0.3 is 15.2 Å². The van der Waals surface area contributed by atoms with Crippen molar-refractivity contribution in [2.45, 2.75) is 18.9 Å².